The maximum atomic E-state index is 12.2. The SMILES string of the molecule is CSc1ncc(C(=O)N[C@@H](C)c2c(C)nn(C)c2C)cn1. The molecule has 0 saturated carbocycles. The second kappa shape index (κ2) is 6.26. The standard InChI is InChI=1S/C14H19N5OS/c1-8(12-9(2)18-19(4)10(12)3)17-13(20)11-6-15-14(21-5)16-7-11/h6-8H,1-5H3,(H,17,20)/t8-/m0/s1. The summed E-state index contributed by atoms with van der Waals surface area (Å²) in [6.07, 6.45) is 4.98. The molecule has 112 valence electrons. The topological polar surface area (TPSA) is 72.7 Å². The van der Waals surface area contributed by atoms with Crippen LogP contribution in [-0.4, -0.2) is 31.9 Å². The van der Waals surface area contributed by atoms with Crippen molar-refractivity contribution in [2.24, 2.45) is 7.05 Å². The molecule has 0 aliphatic rings. The number of carbonyl (C=O) groups is 1. The zero-order valence-electron chi connectivity index (χ0n) is 12.8. The van der Waals surface area contributed by atoms with Gasteiger partial charge in [-0.05, 0) is 27.0 Å². The van der Waals surface area contributed by atoms with E-state index in [1.807, 2.05) is 38.8 Å². The van der Waals surface area contributed by atoms with Crippen molar-refractivity contribution in [3.8, 4) is 0 Å². The van der Waals surface area contributed by atoms with Crippen LogP contribution in [0.4, 0.5) is 0 Å². The summed E-state index contributed by atoms with van der Waals surface area (Å²) in [5.41, 5.74) is 3.48. The van der Waals surface area contributed by atoms with E-state index in [2.05, 4.69) is 20.4 Å². The Kier molecular flexibility index (Phi) is 4.62. The number of amides is 1. The molecule has 6 nitrogen and oxygen atoms in total. The maximum absolute atomic E-state index is 12.2. The molecule has 0 unspecified atom stereocenters. The molecule has 0 aliphatic heterocycles. The van der Waals surface area contributed by atoms with Crippen molar-refractivity contribution in [1.29, 1.82) is 0 Å². The smallest absolute Gasteiger partial charge is 0.254 e. The molecule has 0 bridgehead atoms. The zero-order valence-corrected chi connectivity index (χ0v) is 13.7. The Bertz CT molecular complexity index is 650. The Morgan fingerprint density at radius 3 is 2.43 bits per heavy atom. The van der Waals surface area contributed by atoms with Crippen LogP contribution in [0.3, 0.4) is 0 Å². The van der Waals surface area contributed by atoms with Crippen LogP contribution in [0.15, 0.2) is 17.6 Å². The average Bonchev–Trinajstić information content (AvgIpc) is 2.72. The molecule has 7 heteroatoms. The van der Waals surface area contributed by atoms with Gasteiger partial charge in [-0.2, -0.15) is 5.10 Å². The van der Waals surface area contributed by atoms with Crippen LogP contribution < -0.4 is 5.32 Å². The zero-order chi connectivity index (χ0) is 15.6. The van der Waals surface area contributed by atoms with E-state index in [4.69, 9.17) is 0 Å². The third kappa shape index (κ3) is 3.24. The van der Waals surface area contributed by atoms with Crippen LogP contribution in [0.25, 0.3) is 0 Å². The molecule has 2 rings (SSSR count). The van der Waals surface area contributed by atoms with Gasteiger partial charge in [0.25, 0.3) is 5.91 Å². The van der Waals surface area contributed by atoms with Crippen LogP contribution in [0.1, 0.15) is 40.3 Å². The molecule has 0 fully saturated rings. The molecule has 2 heterocycles. The normalized spacial score (nSPS) is 12.2. The fraction of sp³-hybridized carbons (Fsp3) is 0.429. The molecule has 0 aliphatic carbocycles. The Balaban J connectivity index is 2.14. The first kappa shape index (κ1) is 15.5. The highest BCUT2D eigenvalue weighted by Gasteiger charge is 2.19. The monoisotopic (exact) mass is 305 g/mol. The third-order valence-electron chi connectivity index (χ3n) is 3.42. The van der Waals surface area contributed by atoms with E-state index in [9.17, 15) is 4.79 Å². The van der Waals surface area contributed by atoms with Crippen molar-refractivity contribution in [2.45, 2.75) is 32.0 Å². The van der Waals surface area contributed by atoms with E-state index in [0.717, 1.165) is 17.0 Å². The lowest BCUT2D eigenvalue weighted by atomic mass is 10.1. The van der Waals surface area contributed by atoms with Crippen LogP contribution in [0.5, 0.6) is 0 Å². The second-order valence-electron chi connectivity index (χ2n) is 4.86. The Morgan fingerprint density at radius 2 is 1.95 bits per heavy atom. The number of carbonyl (C=O) groups excluding carboxylic acids is 1. The van der Waals surface area contributed by atoms with Gasteiger partial charge in [0.15, 0.2) is 5.16 Å². The summed E-state index contributed by atoms with van der Waals surface area (Å²) >= 11 is 1.44. The molecule has 21 heavy (non-hydrogen) atoms. The highest BCUT2D eigenvalue weighted by atomic mass is 32.2. The van der Waals surface area contributed by atoms with Gasteiger partial charge >= 0.3 is 0 Å². The van der Waals surface area contributed by atoms with E-state index in [-0.39, 0.29) is 11.9 Å². The van der Waals surface area contributed by atoms with E-state index in [1.54, 1.807) is 12.4 Å². The molecule has 1 N–H and O–H groups in total. The predicted molar refractivity (Wildman–Crippen MR) is 82.4 cm³/mol. The van der Waals surface area contributed by atoms with Gasteiger partial charge < -0.3 is 5.32 Å². The van der Waals surface area contributed by atoms with Crippen molar-refractivity contribution < 1.29 is 4.79 Å². The minimum atomic E-state index is -0.183. The van der Waals surface area contributed by atoms with Gasteiger partial charge in [0.05, 0.1) is 17.3 Å². The molecule has 0 radical (unpaired) electrons. The number of rotatable bonds is 4. The quantitative estimate of drug-likeness (QED) is 0.691. The molecule has 0 spiro atoms. The first-order valence-electron chi connectivity index (χ1n) is 6.61. The van der Waals surface area contributed by atoms with Crippen LogP contribution >= 0.6 is 11.8 Å². The summed E-state index contributed by atoms with van der Waals surface area (Å²) in [6, 6.07) is -0.119. The van der Waals surface area contributed by atoms with E-state index in [1.165, 1.54) is 11.8 Å². The molecule has 2 aromatic rings. The van der Waals surface area contributed by atoms with Gasteiger partial charge in [-0.3, -0.25) is 9.48 Å². The molecular formula is C14H19N5OS. The minimum Gasteiger partial charge on any atom is -0.345 e. The summed E-state index contributed by atoms with van der Waals surface area (Å²) in [6.45, 7) is 5.89. The number of nitrogens with zero attached hydrogens (tertiary/aromatic N) is 4. The van der Waals surface area contributed by atoms with Gasteiger partial charge in [0.1, 0.15) is 0 Å². The fourth-order valence-electron chi connectivity index (χ4n) is 2.31. The lowest BCUT2D eigenvalue weighted by Gasteiger charge is -2.14. The van der Waals surface area contributed by atoms with Crippen molar-refractivity contribution >= 4 is 17.7 Å². The number of aryl methyl sites for hydroxylation is 2. The number of aromatic nitrogens is 4. The highest BCUT2D eigenvalue weighted by molar-refractivity contribution is 7.98. The molecule has 1 amide bonds. The Hall–Kier alpha value is -1.89. The lowest BCUT2D eigenvalue weighted by Crippen LogP contribution is -2.27. The molecule has 1 atom stereocenters. The maximum Gasteiger partial charge on any atom is 0.254 e. The molecule has 0 aromatic carbocycles. The van der Waals surface area contributed by atoms with Gasteiger partial charge in [-0.15, -0.1) is 0 Å². The van der Waals surface area contributed by atoms with Gasteiger partial charge in [-0.25, -0.2) is 9.97 Å². The number of nitrogens with one attached hydrogen (secondary N) is 1. The lowest BCUT2D eigenvalue weighted by molar-refractivity contribution is 0.0939. The fourth-order valence-corrected chi connectivity index (χ4v) is 2.62. The van der Waals surface area contributed by atoms with Crippen LogP contribution in [0.2, 0.25) is 0 Å². The Morgan fingerprint density at radius 1 is 1.33 bits per heavy atom. The largest absolute Gasteiger partial charge is 0.345 e. The summed E-state index contributed by atoms with van der Waals surface area (Å²) in [5.74, 6) is -0.183. The first-order valence-corrected chi connectivity index (χ1v) is 7.83. The van der Waals surface area contributed by atoms with E-state index >= 15 is 0 Å². The van der Waals surface area contributed by atoms with Gasteiger partial charge in [-0.1, -0.05) is 11.8 Å². The van der Waals surface area contributed by atoms with E-state index in [0.29, 0.717) is 10.7 Å². The van der Waals surface area contributed by atoms with E-state index < -0.39 is 0 Å². The number of thioether (sulfide) groups is 1. The second-order valence-corrected chi connectivity index (χ2v) is 5.64. The van der Waals surface area contributed by atoms with Crippen molar-refractivity contribution in [3.63, 3.8) is 0 Å². The number of hydrogen-bond acceptors (Lipinski definition) is 5. The summed E-state index contributed by atoms with van der Waals surface area (Å²) in [4.78, 5) is 20.5. The third-order valence-corrected chi connectivity index (χ3v) is 3.99. The molecule has 2 aromatic heterocycles. The van der Waals surface area contributed by atoms with Gasteiger partial charge in [0, 0.05) is 30.7 Å². The summed E-state index contributed by atoms with van der Waals surface area (Å²) < 4.78 is 1.82. The van der Waals surface area contributed by atoms with Gasteiger partial charge in [0.2, 0.25) is 0 Å². The minimum absolute atomic E-state index is 0.119. The van der Waals surface area contributed by atoms with Crippen molar-refractivity contribution in [1.82, 2.24) is 25.1 Å². The molecular weight excluding hydrogens is 286 g/mol. The summed E-state index contributed by atoms with van der Waals surface area (Å²) in [7, 11) is 1.90. The Labute approximate surface area is 128 Å². The predicted octanol–water partition coefficient (Wildman–Crippen LogP) is 2.04. The first-order chi connectivity index (χ1) is 9.93. The average molecular weight is 305 g/mol. The highest BCUT2D eigenvalue weighted by Crippen LogP contribution is 2.21. The number of hydrogen-bond donors (Lipinski definition) is 1. The summed E-state index contributed by atoms with van der Waals surface area (Å²) in [5, 5.41) is 7.99. The van der Waals surface area contributed by atoms with Crippen LogP contribution in [0, 0.1) is 13.8 Å². The molecule has 0 saturated heterocycles. The van der Waals surface area contributed by atoms with Crippen molar-refractivity contribution in [2.75, 3.05) is 6.26 Å². The van der Waals surface area contributed by atoms with Crippen molar-refractivity contribution in [3.05, 3.63) is 34.9 Å². The van der Waals surface area contributed by atoms with Crippen LogP contribution in [-0.2, 0) is 7.05 Å².